The van der Waals surface area contributed by atoms with Gasteiger partial charge in [0.1, 0.15) is 23.1 Å². The van der Waals surface area contributed by atoms with Crippen LogP contribution in [-0.4, -0.2) is 43.1 Å². The molecule has 1 unspecified atom stereocenters. The maximum absolute atomic E-state index is 10.6. The highest BCUT2D eigenvalue weighted by Crippen LogP contribution is 2.39. The Morgan fingerprint density at radius 1 is 1.39 bits per heavy atom. The quantitative estimate of drug-likeness (QED) is 0.877. The van der Waals surface area contributed by atoms with Crippen molar-refractivity contribution in [3.8, 4) is 5.75 Å². The van der Waals surface area contributed by atoms with Crippen molar-refractivity contribution in [3.63, 3.8) is 0 Å². The molecule has 1 atom stereocenters. The van der Waals surface area contributed by atoms with Crippen LogP contribution in [0.5, 0.6) is 5.75 Å². The smallest absolute Gasteiger partial charge is 0.143 e. The van der Waals surface area contributed by atoms with Gasteiger partial charge in [-0.05, 0) is 12.1 Å². The monoisotopic (exact) mass is 253 g/mol. The average Bonchev–Trinajstić information content (AvgIpc) is 2.47. The minimum absolute atomic E-state index is 0.517. The highest BCUT2D eigenvalue weighted by Gasteiger charge is 2.42. The van der Waals surface area contributed by atoms with Crippen LogP contribution in [0.3, 0.4) is 0 Å². The molecule has 1 aromatic heterocycles. The lowest BCUT2D eigenvalue weighted by Gasteiger charge is -2.39. The molecule has 100 valence electrons. The molecule has 2 rings (SSSR count). The van der Waals surface area contributed by atoms with Gasteiger partial charge in [-0.2, -0.15) is 0 Å². The lowest BCUT2D eigenvalue weighted by Crippen LogP contribution is -2.44. The molecule has 1 N–H and O–H groups in total. The first-order valence-corrected chi connectivity index (χ1v) is 6.03. The van der Waals surface area contributed by atoms with Crippen LogP contribution < -0.4 is 4.74 Å². The van der Waals surface area contributed by atoms with Gasteiger partial charge in [0, 0.05) is 39.4 Å². The van der Waals surface area contributed by atoms with Gasteiger partial charge in [0.2, 0.25) is 0 Å². The van der Waals surface area contributed by atoms with Crippen molar-refractivity contribution in [2.45, 2.75) is 24.5 Å². The Morgan fingerprint density at radius 3 is 2.72 bits per heavy atom. The Kier molecular flexibility index (Phi) is 4.16. The van der Waals surface area contributed by atoms with E-state index in [1.165, 1.54) is 0 Å². The number of aromatic nitrogens is 1. The van der Waals surface area contributed by atoms with E-state index in [-0.39, 0.29) is 0 Å². The van der Waals surface area contributed by atoms with Gasteiger partial charge in [-0.3, -0.25) is 4.98 Å². The van der Waals surface area contributed by atoms with E-state index in [1.54, 1.807) is 32.5 Å². The SMILES string of the molecule is COc1cccnc1C(O)C1(OC)CCOCC1. The van der Waals surface area contributed by atoms with Crippen molar-refractivity contribution in [3.05, 3.63) is 24.0 Å². The van der Waals surface area contributed by atoms with Gasteiger partial charge in [0.05, 0.1) is 7.11 Å². The van der Waals surface area contributed by atoms with Crippen LogP contribution in [0.1, 0.15) is 24.6 Å². The molecule has 5 nitrogen and oxygen atoms in total. The van der Waals surface area contributed by atoms with E-state index in [9.17, 15) is 5.11 Å². The number of aliphatic hydroxyl groups is 1. The standard InChI is InChI=1S/C13H19NO4/c1-16-10-4-3-7-14-11(10)12(15)13(17-2)5-8-18-9-6-13/h3-4,7,12,15H,5-6,8-9H2,1-2H3. The second kappa shape index (κ2) is 5.65. The van der Waals surface area contributed by atoms with E-state index in [0.717, 1.165) is 0 Å². The number of methoxy groups -OCH3 is 2. The first kappa shape index (κ1) is 13.3. The summed E-state index contributed by atoms with van der Waals surface area (Å²) >= 11 is 0. The van der Waals surface area contributed by atoms with Gasteiger partial charge >= 0.3 is 0 Å². The molecule has 1 saturated heterocycles. The summed E-state index contributed by atoms with van der Waals surface area (Å²) in [6.07, 6.45) is 2.11. The average molecular weight is 253 g/mol. The molecule has 2 heterocycles. The lowest BCUT2D eigenvalue weighted by molar-refractivity contribution is -0.155. The fraction of sp³-hybridized carbons (Fsp3) is 0.615. The molecule has 5 heteroatoms. The van der Waals surface area contributed by atoms with E-state index < -0.39 is 11.7 Å². The number of aliphatic hydroxyl groups excluding tert-OH is 1. The molecule has 0 bridgehead atoms. The predicted molar refractivity (Wildman–Crippen MR) is 65.5 cm³/mol. The third-order valence-corrected chi connectivity index (χ3v) is 3.52. The second-order valence-electron chi connectivity index (χ2n) is 4.37. The molecule has 0 amide bonds. The molecule has 1 aromatic rings. The van der Waals surface area contributed by atoms with Crippen LogP contribution in [0.4, 0.5) is 0 Å². The zero-order chi connectivity index (χ0) is 13.0. The maximum Gasteiger partial charge on any atom is 0.143 e. The number of nitrogens with zero attached hydrogens (tertiary/aromatic N) is 1. The van der Waals surface area contributed by atoms with Crippen molar-refractivity contribution < 1.29 is 19.3 Å². The lowest BCUT2D eigenvalue weighted by atomic mass is 9.85. The number of hydrogen-bond acceptors (Lipinski definition) is 5. The fourth-order valence-corrected chi connectivity index (χ4v) is 2.34. The first-order chi connectivity index (χ1) is 8.73. The Bertz CT molecular complexity index is 390. The Labute approximate surface area is 107 Å². The topological polar surface area (TPSA) is 60.8 Å². The molecule has 1 aliphatic heterocycles. The number of pyridine rings is 1. The second-order valence-corrected chi connectivity index (χ2v) is 4.37. The molecule has 0 radical (unpaired) electrons. The Hall–Kier alpha value is -1.17. The largest absolute Gasteiger partial charge is 0.495 e. The van der Waals surface area contributed by atoms with E-state index in [2.05, 4.69) is 4.98 Å². The van der Waals surface area contributed by atoms with Crippen LogP contribution in [-0.2, 0) is 9.47 Å². The summed E-state index contributed by atoms with van der Waals surface area (Å²) in [6, 6.07) is 3.56. The van der Waals surface area contributed by atoms with E-state index >= 15 is 0 Å². The number of rotatable bonds is 4. The molecule has 0 aromatic carbocycles. The van der Waals surface area contributed by atoms with Crippen LogP contribution in [0.25, 0.3) is 0 Å². The van der Waals surface area contributed by atoms with Gasteiger partial charge < -0.3 is 19.3 Å². The predicted octanol–water partition coefficient (Wildman–Crippen LogP) is 1.32. The minimum atomic E-state index is -0.817. The van der Waals surface area contributed by atoms with Crippen molar-refractivity contribution in [1.29, 1.82) is 0 Å². The fourth-order valence-electron chi connectivity index (χ4n) is 2.34. The van der Waals surface area contributed by atoms with Crippen LogP contribution >= 0.6 is 0 Å². The summed E-state index contributed by atoms with van der Waals surface area (Å²) in [4.78, 5) is 4.22. The van der Waals surface area contributed by atoms with Crippen LogP contribution in [0, 0.1) is 0 Å². The Balaban J connectivity index is 2.30. The Morgan fingerprint density at radius 2 is 2.11 bits per heavy atom. The van der Waals surface area contributed by atoms with Gasteiger partial charge in [-0.25, -0.2) is 0 Å². The highest BCUT2D eigenvalue weighted by molar-refractivity contribution is 5.30. The molecule has 0 spiro atoms. The third kappa shape index (κ3) is 2.34. The zero-order valence-electron chi connectivity index (χ0n) is 10.8. The highest BCUT2D eigenvalue weighted by atomic mass is 16.5. The van der Waals surface area contributed by atoms with Crippen LogP contribution in [0.15, 0.2) is 18.3 Å². The van der Waals surface area contributed by atoms with Crippen molar-refractivity contribution in [2.24, 2.45) is 0 Å². The van der Waals surface area contributed by atoms with E-state index in [1.807, 2.05) is 0 Å². The summed E-state index contributed by atoms with van der Waals surface area (Å²) < 4.78 is 16.1. The zero-order valence-corrected chi connectivity index (χ0v) is 10.8. The van der Waals surface area contributed by atoms with Gasteiger partial charge in [-0.15, -0.1) is 0 Å². The molecule has 1 fully saturated rings. The van der Waals surface area contributed by atoms with Crippen molar-refractivity contribution in [1.82, 2.24) is 4.98 Å². The summed E-state index contributed by atoms with van der Waals surface area (Å²) in [5, 5.41) is 10.6. The van der Waals surface area contributed by atoms with E-state index in [4.69, 9.17) is 14.2 Å². The number of ether oxygens (including phenoxy) is 3. The molecule has 0 aliphatic carbocycles. The van der Waals surface area contributed by atoms with Crippen molar-refractivity contribution >= 4 is 0 Å². The molecule has 1 aliphatic rings. The summed E-state index contributed by atoms with van der Waals surface area (Å²) in [6.45, 7) is 1.17. The summed E-state index contributed by atoms with van der Waals surface area (Å²) in [7, 11) is 3.18. The third-order valence-electron chi connectivity index (χ3n) is 3.52. The van der Waals surface area contributed by atoms with Gasteiger partial charge in [-0.1, -0.05) is 0 Å². The molecule has 18 heavy (non-hydrogen) atoms. The number of hydrogen-bond donors (Lipinski definition) is 1. The van der Waals surface area contributed by atoms with E-state index in [0.29, 0.717) is 37.5 Å². The molecular weight excluding hydrogens is 234 g/mol. The first-order valence-electron chi connectivity index (χ1n) is 6.03. The van der Waals surface area contributed by atoms with Crippen molar-refractivity contribution in [2.75, 3.05) is 27.4 Å². The molecular formula is C13H19NO4. The molecule has 0 saturated carbocycles. The normalized spacial score (nSPS) is 20.4. The maximum atomic E-state index is 10.6. The minimum Gasteiger partial charge on any atom is -0.495 e. The summed E-state index contributed by atoms with van der Waals surface area (Å²) in [5.41, 5.74) is -0.122. The van der Waals surface area contributed by atoms with Crippen LogP contribution in [0.2, 0.25) is 0 Å². The van der Waals surface area contributed by atoms with Gasteiger partial charge in [0.15, 0.2) is 0 Å². The van der Waals surface area contributed by atoms with Gasteiger partial charge in [0.25, 0.3) is 0 Å². The summed E-state index contributed by atoms with van der Waals surface area (Å²) in [5.74, 6) is 0.577.